The summed E-state index contributed by atoms with van der Waals surface area (Å²) in [7, 11) is -10.6. The summed E-state index contributed by atoms with van der Waals surface area (Å²) in [6.07, 6.45) is 0.146. The predicted molar refractivity (Wildman–Crippen MR) is 108 cm³/mol. The van der Waals surface area contributed by atoms with E-state index in [2.05, 4.69) is 35.8 Å². The Morgan fingerprint density at radius 3 is 2.67 bits per heavy atom. The topological polar surface area (TPSA) is 222 Å². The summed E-state index contributed by atoms with van der Waals surface area (Å²) in [5.74, 6) is 0.177. The zero-order valence-electron chi connectivity index (χ0n) is 14.6. The molecular formula is C10H16N5O10P3S2. The Morgan fingerprint density at radius 1 is 1.30 bits per heavy atom. The Hall–Kier alpha value is -0.510. The molecule has 2 aromatic rings. The third-order valence-electron chi connectivity index (χ3n) is 3.72. The van der Waals surface area contributed by atoms with Gasteiger partial charge in [0.1, 0.15) is 24.2 Å². The first-order valence-corrected chi connectivity index (χ1v) is 14.6. The monoisotopic (exact) mass is 523 g/mol. The number of aliphatic hydroxyl groups excluding tert-OH is 1. The second-order valence-electron chi connectivity index (χ2n) is 5.90. The highest BCUT2D eigenvalue weighted by molar-refractivity contribution is 8.60. The molecule has 3 heterocycles. The second kappa shape index (κ2) is 8.79. The number of hydrogen-bond donors (Lipinski definition) is 6. The van der Waals surface area contributed by atoms with Gasteiger partial charge >= 0.3 is 15.6 Å². The van der Waals surface area contributed by atoms with E-state index in [1.54, 1.807) is 4.57 Å². The number of ether oxygens (including phenoxy) is 1. The van der Waals surface area contributed by atoms with Crippen LogP contribution in [0, 0.1) is 0 Å². The average Bonchev–Trinajstić information content (AvgIpc) is 3.14. The van der Waals surface area contributed by atoms with Crippen LogP contribution in [0.25, 0.3) is 11.2 Å². The van der Waals surface area contributed by atoms with Gasteiger partial charge in [-0.1, -0.05) is 12.2 Å². The molecule has 168 valence electrons. The third kappa shape index (κ3) is 6.04. The van der Waals surface area contributed by atoms with E-state index >= 15 is 0 Å². The number of nitrogen functional groups attached to an aromatic ring is 1. The van der Waals surface area contributed by atoms with Gasteiger partial charge < -0.3 is 34.8 Å². The van der Waals surface area contributed by atoms with E-state index in [9.17, 15) is 19.1 Å². The molecule has 5 atom stereocenters. The van der Waals surface area contributed by atoms with Crippen LogP contribution in [0.15, 0.2) is 12.7 Å². The van der Waals surface area contributed by atoms with Crippen molar-refractivity contribution in [2.75, 3.05) is 12.3 Å². The molecule has 0 aliphatic carbocycles. The van der Waals surface area contributed by atoms with Crippen molar-refractivity contribution in [1.29, 1.82) is 0 Å². The Kier molecular flexibility index (Phi) is 7.07. The minimum atomic E-state index is -5.33. The molecule has 3 rings (SSSR count). The number of fused-ring (bicyclic) bond motifs is 1. The van der Waals surface area contributed by atoms with Crippen molar-refractivity contribution >= 4 is 62.4 Å². The van der Waals surface area contributed by atoms with Gasteiger partial charge in [0.05, 0.1) is 19.0 Å². The number of thiol groups is 1. The molecule has 0 amide bonds. The fourth-order valence-electron chi connectivity index (χ4n) is 2.59. The van der Waals surface area contributed by atoms with E-state index < -0.39 is 46.4 Å². The van der Waals surface area contributed by atoms with E-state index in [0.29, 0.717) is 11.2 Å². The quantitative estimate of drug-likeness (QED) is 0.204. The van der Waals surface area contributed by atoms with Crippen molar-refractivity contribution in [2.24, 2.45) is 0 Å². The highest BCUT2D eigenvalue weighted by Crippen LogP contribution is 2.69. The molecule has 0 bridgehead atoms. The number of aromatic nitrogens is 4. The summed E-state index contributed by atoms with van der Waals surface area (Å²) in [6.45, 7) is -0.405. The molecule has 1 aliphatic heterocycles. The maximum atomic E-state index is 11.6. The molecule has 20 heteroatoms. The first-order valence-electron chi connectivity index (χ1n) is 7.81. The molecule has 6 N–H and O–H groups in total. The van der Waals surface area contributed by atoms with Crippen LogP contribution in [-0.4, -0.2) is 58.1 Å². The lowest BCUT2D eigenvalue weighted by atomic mass is 10.2. The summed E-state index contributed by atoms with van der Waals surface area (Å²) in [4.78, 5) is 38.6. The fraction of sp³-hybridized carbons (Fsp3) is 0.500. The van der Waals surface area contributed by atoms with Crippen LogP contribution in [0.4, 0.5) is 5.82 Å². The van der Waals surface area contributed by atoms with Crippen LogP contribution in [0.1, 0.15) is 12.6 Å². The van der Waals surface area contributed by atoms with Crippen LogP contribution in [-0.2, 0) is 38.8 Å². The van der Waals surface area contributed by atoms with Gasteiger partial charge in [-0.2, -0.15) is 4.31 Å². The minimum absolute atomic E-state index is 0.125. The number of anilines is 1. The lowest BCUT2D eigenvalue weighted by Gasteiger charge is -2.22. The predicted octanol–water partition coefficient (Wildman–Crippen LogP) is 0.454. The van der Waals surface area contributed by atoms with Crippen molar-refractivity contribution in [2.45, 2.75) is 24.9 Å². The maximum Gasteiger partial charge on any atom is 0.487 e. The molecule has 30 heavy (non-hydrogen) atoms. The van der Waals surface area contributed by atoms with Gasteiger partial charge in [-0.25, -0.2) is 28.4 Å². The molecule has 0 spiro atoms. The highest BCUT2D eigenvalue weighted by atomic mass is 32.9. The van der Waals surface area contributed by atoms with Gasteiger partial charge in [0, 0.05) is 6.42 Å². The smallest absolute Gasteiger partial charge is 0.390 e. The molecule has 4 unspecified atom stereocenters. The standard InChI is InChI=1S/C10H16N5O10P3S2/c11-9-8-10(13-3-12-9)15(4-14-8)7-1-5(16)6(23-7)2-22-28(29,30)25-27(20,21)24-26(17,18)19/h3-7,16H,1-2H2,(H,20,21)(H,29,30)(H2,11,12,13)(H2,17,18,19)/t5?,6?,7-/m1/s1. The number of imidazole rings is 1. The van der Waals surface area contributed by atoms with Gasteiger partial charge in [-0.15, -0.1) is 0 Å². The lowest BCUT2D eigenvalue weighted by molar-refractivity contribution is -0.0373. The van der Waals surface area contributed by atoms with E-state index in [1.807, 2.05) is 0 Å². The number of nitrogens with zero attached hydrogens (tertiary/aromatic N) is 4. The van der Waals surface area contributed by atoms with E-state index in [0.717, 1.165) is 0 Å². The molecule has 1 fully saturated rings. The summed E-state index contributed by atoms with van der Waals surface area (Å²) >= 11 is 8.63. The molecule has 1 saturated heterocycles. The summed E-state index contributed by atoms with van der Waals surface area (Å²) < 4.78 is 42.8. The van der Waals surface area contributed by atoms with Gasteiger partial charge in [0.15, 0.2) is 11.5 Å². The van der Waals surface area contributed by atoms with Crippen molar-refractivity contribution in [1.82, 2.24) is 19.5 Å². The molecule has 0 saturated carbocycles. The van der Waals surface area contributed by atoms with Crippen LogP contribution in [0.2, 0.25) is 0 Å². The Morgan fingerprint density at radius 2 is 2.00 bits per heavy atom. The van der Waals surface area contributed by atoms with Gasteiger partial charge in [-0.05, 0) is 11.8 Å². The van der Waals surface area contributed by atoms with Crippen LogP contribution >= 0.6 is 33.6 Å². The molecule has 2 aromatic heterocycles. The molecule has 1 aliphatic rings. The van der Waals surface area contributed by atoms with E-state index in [1.165, 1.54) is 12.7 Å². The molecule has 0 aromatic carbocycles. The molecular weight excluding hydrogens is 507 g/mol. The van der Waals surface area contributed by atoms with Crippen LogP contribution in [0.3, 0.4) is 0 Å². The van der Waals surface area contributed by atoms with E-state index in [4.69, 9.17) is 36.6 Å². The second-order valence-corrected chi connectivity index (χ2v) is 14.2. The first-order chi connectivity index (χ1) is 13.8. The van der Waals surface area contributed by atoms with Crippen molar-refractivity contribution < 1.29 is 46.8 Å². The third-order valence-corrected chi connectivity index (χ3v) is 9.44. The van der Waals surface area contributed by atoms with Gasteiger partial charge in [-0.3, -0.25) is 4.57 Å². The Bertz CT molecular complexity index is 1080. The zero-order chi connectivity index (χ0) is 22.3. The summed E-state index contributed by atoms with van der Waals surface area (Å²) in [6, 6.07) is 0. The first kappa shape index (κ1) is 24.1. The van der Waals surface area contributed by atoms with E-state index in [-0.39, 0.29) is 12.2 Å². The van der Waals surface area contributed by atoms with Crippen molar-refractivity contribution in [3.05, 3.63) is 12.7 Å². The van der Waals surface area contributed by atoms with Crippen molar-refractivity contribution in [3.63, 3.8) is 0 Å². The van der Waals surface area contributed by atoms with Crippen molar-refractivity contribution in [3.8, 4) is 0 Å². The highest BCUT2D eigenvalue weighted by Gasteiger charge is 2.40. The lowest BCUT2D eigenvalue weighted by Crippen LogP contribution is -2.25. The normalized spacial score (nSPS) is 26.5. The van der Waals surface area contributed by atoms with Gasteiger partial charge in [0.2, 0.25) is 0 Å². The summed E-state index contributed by atoms with van der Waals surface area (Å²) in [5.41, 5.74) is 2.68. The molecule has 15 nitrogen and oxygen atoms in total. The zero-order valence-corrected chi connectivity index (χ0v) is 19.0. The number of phosphoric acid groups is 2. The number of rotatable bonds is 8. The fourth-order valence-corrected chi connectivity index (χ4v) is 7.59. The average molecular weight is 523 g/mol. The summed E-state index contributed by atoms with van der Waals surface area (Å²) in [5, 5.41) is 10.3. The van der Waals surface area contributed by atoms with Crippen LogP contribution in [0.5, 0.6) is 0 Å². The largest absolute Gasteiger partial charge is 0.487 e. The number of hydrogen-bond acceptors (Lipinski definition) is 12. The van der Waals surface area contributed by atoms with Gasteiger partial charge in [0.25, 0.3) is 5.69 Å². The SMILES string of the molecule is Nc1ncnc2c1ncn2[C@H]1CC(O)C(COP(=S)(S)OP(=O)(O)OP(=O)(O)O)O1. The molecule has 0 radical (unpaired) electrons. The maximum absolute atomic E-state index is 11.6. The number of nitrogens with two attached hydrogens (primary N) is 1. The van der Waals surface area contributed by atoms with Crippen LogP contribution < -0.4 is 5.73 Å². The number of aliphatic hydroxyl groups is 1. The Balaban J connectivity index is 1.64. The minimum Gasteiger partial charge on any atom is -0.390 e. The Labute approximate surface area is 178 Å².